The summed E-state index contributed by atoms with van der Waals surface area (Å²) in [5, 5.41) is 3.17. The maximum absolute atomic E-state index is 11.4. The van der Waals surface area contributed by atoms with Crippen molar-refractivity contribution < 1.29 is 14.3 Å². The predicted octanol–water partition coefficient (Wildman–Crippen LogP) is -0.920. The Bertz CT molecular complexity index is 202. The van der Waals surface area contributed by atoms with E-state index in [1.165, 1.54) is 7.11 Å². The third-order valence-corrected chi connectivity index (χ3v) is 2.30. The SMILES string of the molecule is COC(=O)C1(NCCN(C)C)COC1. The van der Waals surface area contributed by atoms with Gasteiger partial charge in [-0.05, 0) is 14.1 Å². The molecule has 1 aliphatic rings. The average Bonchev–Trinajstić information content (AvgIpc) is 2.08. The lowest BCUT2D eigenvalue weighted by Crippen LogP contribution is -2.66. The Morgan fingerprint density at radius 3 is 2.57 bits per heavy atom. The molecule has 1 fully saturated rings. The van der Waals surface area contributed by atoms with Crippen LogP contribution in [0.25, 0.3) is 0 Å². The Balaban J connectivity index is 2.34. The molecule has 0 bridgehead atoms. The van der Waals surface area contributed by atoms with Crippen molar-refractivity contribution in [2.45, 2.75) is 5.54 Å². The van der Waals surface area contributed by atoms with E-state index in [-0.39, 0.29) is 5.97 Å². The molecule has 1 N–H and O–H groups in total. The molecule has 0 aromatic heterocycles. The van der Waals surface area contributed by atoms with E-state index >= 15 is 0 Å². The van der Waals surface area contributed by atoms with Crippen LogP contribution in [0.1, 0.15) is 0 Å². The van der Waals surface area contributed by atoms with Gasteiger partial charge in [0.15, 0.2) is 5.54 Å². The maximum atomic E-state index is 11.4. The normalized spacial score (nSPS) is 19.1. The molecule has 0 aromatic carbocycles. The maximum Gasteiger partial charge on any atom is 0.330 e. The van der Waals surface area contributed by atoms with Crippen molar-refractivity contribution in [3.63, 3.8) is 0 Å². The summed E-state index contributed by atoms with van der Waals surface area (Å²) in [5.74, 6) is -0.234. The molecule has 1 saturated heterocycles. The van der Waals surface area contributed by atoms with Crippen LogP contribution in [0, 0.1) is 0 Å². The second-order valence-corrected chi connectivity index (χ2v) is 3.80. The lowest BCUT2D eigenvalue weighted by Gasteiger charge is -2.39. The van der Waals surface area contributed by atoms with Gasteiger partial charge >= 0.3 is 5.97 Å². The highest BCUT2D eigenvalue weighted by Gasteiger charge is 2.46. The summed E-state index contributed by atoms with van der Waals surface area (Å²) in [6.07, 6.45) is 0. The molecule has 0 aromatic rings. The quantitative estimate of drug-likeness (QED) is 0.584. The highest BCUT2D eigenvalue weighted by Crippen LogP contribution is 2.18. The summed E-state index contributed by atoms with van der Waals surface area (Å²) in [5.41, 5.74) is -0.592. The number of rotatable bonds is 5. The zero-order chi connectivity index (χ0) is 10.6. The molecule has 0 radical (unpaired) electrons. The van der Waals surface area contributed by atoms with E-state index in [0.29, 0.717) is 13.2 Å². The fraction of sp³-hybridized carbons (Fsp3) is 0.889. The van der Waals surface area contributed by atoms with Crippen LogP contribution in [-0.2, 0) is 14.3 Å². The number of nitrogens with one attached hydrogen (secondary N) is 1. The minimum absolute atomic E-state index is 0.234. The van der Waals surface area contributed by atoms with Gasteiger partial charge in [0.25, 0.3) is 0 Å². The van der Waals surface area contributed by atoms with Gasteiger partial charge in [-0.15, -0.1) is 0 Å². The van der Waals surface area contributed by atoms with Crippen LogP contribution in [0.2, 0.25) is 0 Å². The molecule has 1 heterocycles. The molecular formula is C9H18N2O3. The number of carbonyl (C=O) groups excluding carboxylic acids is 1. The third-order valence-electron chi connectivity index (χ3n) is 2.30. The van der Waals surface area contributed by atoms with Gasteiger partial charge in [-0.2, -0.15) is 0 Å². The van der Waals surface area contributed by atoms with Crippen molar-refractivity contribution in [3.8, 4) is 0 Å². The van der Waals surface area contributed by atoms with Gasteiger partial charge in [-0.25, -0.2) is 4.79 Å². The van der Waals surface area contributed by atoms with Gasteiger partial charge in [0.05, 0.1) is 20.3 Å². The topological polar surface area (TPSA) is 50.8 Å². The van der Waals surface area contributed by atoms with E-state index < -0.39 is 5.54 Å². The number of carbonyl (C=O) groups is 1. The Hall–Kier alpha value is -0.650. The van der Waals surface area contributed by atoms with E-state index in [2.05, 4.69) is 10.2 Å². The van der Waals surface area contributed by atoms with Crippen LogP contribution in [-0.4, -0.2) is 63.9 Å². The van der Waals surface area contributed by atoms with Crippen molar-refractivity contribution in [3.05, 3.63) is 0 Å². The lowest BCUT2D eigenvalue weighted by molar-refractivity contribution is -0.169. The fourth-order valence-corrected chi connectivity index (χ4v) is 1.31. The molecular weight excluding hydrogens is 184 g/mol. The zero-order valence-corrected chi connectivity index (χ0v) is 9.00. The summed E-state index contributed by atoms with van der Waals surface area (Å²) >= 11 is 0. The minimum atomic E-state index is -0.592. The van der Waals surface area contributed by atoms with Gasteiger partial charge in [-0.3, -0.25) is 5.32 Å². The summed E-state index contributed by atoms with van der Waals surface area (Å²) < 4.78 is 9.76. The van der Waals surface area contributed by atoms with Crippen molar-refractivity contribution in [2.75, 3.05) is 47.5 Å². The van der Waals surface area contributed by atoms with Crippen LogP contribution >= 0.6 is 0 Å². The first-order chi connectivity index (χ1) is 6.60. The third kappa shape index (κ3) is 2.43. The van der Waals surface area contributed by atoms with Crippen molar-refractivity contribution in [1.82, 2.24) is 10.2 Å². The van der Waals surface area contributed by atoms with Crippen molar-refractivity contribution in [2.24, 2.45) is 0 Å². The monoisotopic (exact) mass is 202 g/mol. The van der Waals surface area contributed by atoms with E-state index in [9.17, 15) is 4.79 Å². The van der Waals surface area contributed by atoms with Gasteiger partial charge in [0, 0.05) is 13.1 Å². The van der Waals surface area contributed by atoms with Crippen LogP contribution in [0.3, 0.4) is 0 Å². The zero-order valence-electron chi connectivity index (χ0n) is 9.00. The van der Waals surface area contributed by atoms with Gasteiger partial charge in [0.1, 0.15) is 0 Å². The molecule has 5 heteroatoms. The molecule has 82 valence electrons. The Kier molecular flexibility index (Phi) is 3.86. The Morgan fingerprint density at radius 1 is 1.57 bits per heavy atom. The first kappa shape index (κ1) is 11.4. The summed E-state index contributed by atoms with van der Waals surface area (Å²) in [6.45, 7) is 2.46. The van der Waals surface area contributed by atoms with Crippen LogP contribution < -0.4 is 5.32 Å². The first-order valence-electron chi connectivity index (χ1n) is 4.67. The number of hydrogen-bond donors (Lipinski definition) is 1. The molecule has 0 aliphatic carbocycles. The van der Waals surface area contributed by atoms with E-state index in [1.807, 2.05) is 14.1 Å². The molecule has 0 atom stereocenters. The van der Waals surface area contributed by atoms with E-state index in [4.69, 9.17) is 9.47 Å². The Labute approximate surface area is 84.4 Å². The highest BCUT2D eigenvalue weighted by atomic mass is 16.5. The number of methoxy groups -OCH3 is 1. The molecule has 5 nitrogen and oxygen atoms in total. The standard InChI is InChI=1S/C9H18N2O3/c1-11(2)5-4-10-9(6-14-7-9)8(12)13-3/h10H,4-7H2,1-3H3. The summed E-state index contributed by atoms with van der Waals surface area (Å²) in [7, 11) is 5.38. The van der Waals surface area contributed by atoms with E-state index in [0.717, 1.165) is 13.1 Å². The molecule has 14 heavy (non-hydrogen) atoms. The molecule has 0 unspecified atom stereocenters. The van der Waals surface area contributed by atoms with E-state index in [1.54, 1.807) is 0 Å². The van der Waals surface area contributed by atoms with Crippen LogP contribution in [0.4, 0.5) is 0 Å². The smallest absolute Gasteiger partial charge is 0.330 e. The molecule has 1 rings (SSSR count). The second-order valence-electron chi connectivity index (χ2n) is 3.80. The van der Waals surface area contributed by atoms with Crippen LogP contribution in [0.15, 0.2) is 0 Å². The minimum Gasteiger partial charge on any atom is -0.468 e. The number of hydrogen-bond acceptors (Lipinski definition) is 5. The second kappa shape index (κ2) is 4.72. The Morgan fingerprint density at radius 2 is 2.21 bits per heavy atom. The predicted molar refractivity (Wildman–Crippen MR) is 52.1 cm³/mol. The number of nitrogens with zero attached hydrogens (tertiary/aromatic N) is 1. The summed E-state index contributed by atoms with van der Waals surface area (Å²) in [4.78, 5) is 13.5. The van der Waals surface area contributed by atoms with Crippen molar-refractivity contribution in [1.29, 1.82) is 0 Å². The number of esters is 1. The number of ether oxygens (including phenoxy) is 2. The highest BCUT2D eigenvalue weighted by molar-refractivity contribution is 5.82. The molecule has 0 saturated carbocycles. The largest absolute Gasteiger partial charge is 0.468 e. The molecule has 1 aliphatic heterocycles. The first-order valence-corrected chi connectivity index (χ1v) is 4.67. The fourth-order valence-electron chi connectivity index (χ4n) is 1.31. The summed E-state index contributed by atoms with van der Waals surface area (Å²) in [6, 6.07) is 0. The average molecular weight is 202 g/mol. The lowest BCUT2D eigenvalue weighted by atomic mass is 9.98. The van der Waals surface area contributed by atoms with Crippen molar-refractivity contribution >= 4 is 5.97 Å². The van der Waals surface area contributed by atoms with Crippen LogP contribution in [0.5, 0.6) is 0 Å². The van der Waals surface area contributed by atoms with Gasteiger partial charge in [0.2, 0.25) is 0 Å². The number of likely N-dealkylation sites (N-methyl/N-ethyl adjacent to an activating group) is 1. The molecule has 0 spiro atoms. The van der Waals surface area contributed by atoms with Gasteiger partial charge < -0.3 is 14.4 Å². The molecule has 0 amide bonds. The van der Waals surface area contributed by atoms with Gasteiger partial charge in [-0.1, -0.05) is 0 Å².